The smallest absolute Gasteiger partial charge is 0.234 e. The molecule has 0 saturated carbocycles. The maximum Gasteiger partial charge on any atom is 0.234 e. The van der Waals surface area contributed by atoms with E-state index < -0.39 is 5.41 Å². The Balaban J connectivity index is 2.19. The van der Waals surface area contributed by atoms with Gasteiger partial charge in [0, 0.05) is 5.69 Å². The highest BCUT2D eigenvalue weighted by Gasteiger charge is 2.30. The Bertz CT molecular complexity index is 696. The summed E-state index contributed by atoms with van der Waals surface area (Å²) in [5.41, 5.74) is 0.830. The van der Waals surface area contributed by atoms with Crippen LogP contribution in [0.5, 0.6) is 11.5 Å². The van der Waals surface area contributed by atoms with Crippen LogP contribution in [0.25, 0.3) is 0 Å². The summed E-state index contributed by atoms with van der Waals surface area (Å²) in [4.78, 5) is 12.6. The molecule has 5 heteroatoms. The first-order valence-electron chi connectivity index (χ1n) is 7.18. The highest BCUT2D eigenvalue weighted by molar-refractivity contribution is 6.32. The first-order valence-corrected chi connectivity index (χ1v) is 7.56. The molecule has 0 aliphatic heterocycles. The van der Waals surface area contributed by atoms with E-state index in [1.54, 1.807) is 32.4 Å². The van der Waals surface area contributed by atoms with Gasteiger partial charge in [-0.15, -0.1) is 0 Å². The number of nitrogens with one attached hydrogen (secondary N) is 1. The Morgan fingerprint density at radius 1 is 1.04 bits per heavy atom. The molecule has 0 bridgehead atoms. The van der Waals surface area contributed by atoms with Crippen molar-refractivity contribution in [1.29, 1.82) is 0 Å². The fourth-order valence-electron chi connectivity index (χ4n) is 2.17. The molecule has 0 radical (unpaired) electrons. The molecule has 2 aromatic carbocycles. The predicted octanol–water partition coefficient (Wildman–Crippen LogP) is 4.27. The molecule has 0 aliphatic rings. The second kappa shape index (κ2) is 6.92. The molecule has 2 rings (SSSR count). The molecule has 23 heavy (non-hydrogen) atoms. The van der Waals surface area contributed by atoms with Crippen molar-refractivity contribution in [3.8, 4) is 11.5 Å². The van der Waals surface area contributed by atoms with Crippen LogP contribution in [0, 0.1) is 0 Å². The summed E-state index contributed by atoms with van der Waals surface area (Å²) in [6.45, 7) is 3.74. The zero-order valence-electron chi connectivity index (χ0n) is 13.6. The summed E-state index contributed by atoms with van der Waals surface area (Å²) in [6.07, 6.45) is 0. The van der Waals surface area contributed by atoms with Crippen LogP contribution in [0.4, 0.5) is 5.69 Å². The summed E-state index contributed by atoms with van der Waals surface area (Å²) in [5, 5.41) is 3.34. The Kier molecular flexibility index (Phi) is 5.16. The number of hydrogen-bond acceptors (Lipinski definition) is 3. The number of halogens is 1. The van der Waals surface area contributed by atoms with Crippen LogP contribution in [-0.2, 0) is 10.2 Å². The minimum absolute atomic E-state index is 0.121. The SMILES string of the molecule is COc1ccc(C(C)(C)C(=O)Nc2ccc(OC)c(Cl)c2)cc1. The lowest BCUT2D eigenvalue weighted by atomic mass is 9.83. The molecule has 0 atom stereocenters. The second-order valence-electron chi connectivity index (χ2n) is 5.66. The first-order chi connectivity index (χ1) is 10.9. The zero-order chi connectivity index (χ0) is 17.0. The van der Waals surface area contributed by atoms with E-state index in [4.69, 9.17) is 21.1 Å². The van der Waals surface area contributed by atoms with E-state index in [1.165, 1.54) is 0 Å². The first kappa shape index (κ1) is 17.2. The largest absolute Gasteiger partial charge is 0.497 e. The lowest BCUT2D eigenvalue weighted by Crippen LogP contribution is -2.34. The average molecular weight is 334 g/mol. The van der Waals surface area contributed by atoms with Crippen LogP contribution in [0.1, 0.15) is 19.4 Å². The number of amides is 1. The topological polar surface area (TPSA) is 47.6 Å². The normalized spacial score (nSPS) is 11.0. The van der Waals surface area contributed by atoms with Crippen molar-refractivity contribution in [2.24, 2.45) is 0 Å². The Labute approximate surface area is 141 Å². The molecule has 0 fully saturated rings. The van der Waals surface area contributed by atoms with Crippen LogP contribution in [0.3, 0.4) is 0 Å². The summed E-state index contributed by atoms with van der Waals surface area (Å²) in [5.74, 6) is 1.20. The van der Waals surface area contributed by atoms with Gasteiger partial charge in [0.2, 0.25) is 5.91 Å². The third kappa shape index (κ3) is 3.77. The van der Waals surface area contributed by atoms with Crippen molar-refractivity contribution in [3.05, 3.63) is 53.1 Å². The Morgan fingerprint density at radius 2 is 1.70 bits per heavy atom. The molecule has 0 aliphatic carbocycles. The predicted molar refractivity (Wildman–Crippen MR) is 92.7 cm³/mol. The van der Waals surface area contributed by atoms with Crippen molar-refractivity contribution >= 4 is 23.2 Å². The van der Waals surface area contributed by atoms with Crippen LogP contribution >= 0.6 is 11.6 Å². The number of benzene rings is 2. The van der Waals surface area contributed by atoms with Crippen LogP contribution in [0.2, 0.25) is 5.02 Å². The van der Waals surface area contributed by atoms with Crippen molar-refractivity contribution < 1.29 is 14.3 Å². The van der Waals surface area contributed by atoms with Crippen LogP contribution in [-0.4, -0.2) is 20.1 Å². The van der Waals surface area contributed by atoms with E-state index in [1.807, 2.05) is 38.1 Å². The second-order valence-corrected chi connectivity index (χ2v) is 6.06. The summed E-state index contributed by atoms with van der Waals surface area (Å²) < 4.78 is 10.3. The molecule has 1 N–H and O–H groups in total. The maximum absolute atomic E-state index is 12.6. The van der Waals surface area contributed by atoms with Gasteiger partial charge in [-0.05, 0) is 49.7 Å². The van der Waals surface area contributed by atoms with Gasteiger partial charge >= 0.3 is 0 Å². The van der Waals surface area contributed by atoms with Gasteiger partial charge in [-0.25, -0.2) is 0 Å². The summed E-state index contributed by atoms with van der Waals surface area (Å²) >= 11 is 6.09. The van der Waals surface area contributed by atoms with E-state index >= 15 is 0 Å². The van der Waals surface area contributed by atoms with Crippen molar-refractivity contribution in [2.75, 3.05) is 19.5 Å². The maximum atomic E-state index is 12.6. The number of hydrogen-bond donors (Lipinski definition) is 1. The number of rotatable bonds is 5. The van der Waals surface area contributed by atoms with Crippen molar-refractivity contribution in [2.45, 2.75) is 19.3 Å². The van der Waals surface area contributed by atoms with E-state index in [9.17, 15) is 4.79 Å². The van der Waals surface area contributed by atoms with Gasteiger partial charge in [0.05, 0.1) is 24.7 Å². The van der Waals surface area contributed by atoms with Crippen LogP contribution in [0.15, 0.2) is 42.5 Å². The minimum atomic E-state index is -0.696. The monoisotopic (exact) mass is 333 g/mol. The standard InChI is InChI=1S/C18H20ClNO3/c1-18(2,12-5-8-14(22-3)9-6-12)17(21)20-13-7-10-16(23-4)15(19)11-13/h5-11H,1-4H3,(H,20,21). The number of carbonyl (C=O) groups excluding carboxylic acids is 1. The van der Waals surface area contributed by atoms with Crippen LogP contribution < -0.4 is 14.8 Å². The van der Waals surface area contributed by atoms with Gasteiger partial charge in [0.1, 0.15) is 11.5 Å². The molecule has 0 heterocycles. The summed E-state index contributed by atoms with van der Waals surface area (Å²) in [6, 6.07) is 12.6. The molecule has 1 amide bonds. The molecule has 0 unspecified atom stereocenters. The van der Waals surface area contributed by atoms with E-state index in [0.29, 0.717) is 16.5 Å². The third-order valence-electron chi connectivity index (χ3n) is 3.79. The zero-order valence-corrected chi connectivity index (χ0v) is 14.4. The van der Waals surface area contributed by atoms with Crippen molar-refractivity contribution in [1.82, 2.24) is 0 Å². The average Bonchev–Trinajstić information content (AvgIpc) is 2.55. The Morgan fingerprint density at radius 3 is 2.22 bits per heavy atom. The Hall–Kier alpha value is -2.20. The van der Waals surface area contributed by atoms with Gasteiger partial charge < -0.3 is 14.8 Å². The number of ether oxygens (including phenoxy) is 2. The highest BCUT2D eigenvalue weighted by atomic mass is 35.5. The molecular weight excluding hydrogens is 314 g/mol. The van der Waals surface area contributed by atoms with Gasteiger partial charge in [-0.2, -0.15) is 0 Å². The van der Waals surface area contributed by atoms with E-state index in [2.05, 4.69) is 5.32 Å². The lowest BCUT2D eigenvalue weighted by Gasteiger charge is -2.24. The third-order valence-corrected chi connectivity index (χ3v) is 4.08. The number of methoxy groups -OCH3 is 2. The molecular formula is C18H20ClNO3. The van der Waals surface area contributed by atoms with Gasteiger partial charge in [-0.1, -0.05) is 23.7 Å². The van der Waals surface area contributed by atoms with Gasteiger partial charge in [0.25, 0.3) is 0 Å². The van der Waals surface area contributed by atoms with Gasteiger partial charge in [0.15, 0.2) is 0 Å². The minimum Gasteiger partial charge on any atom is -0.497 e. The lowest BCUT2D eigenvalue weighted by molar-refractivity contribution is -0.120. The van der Waals surface area contributed by atoms with Crippen molar-refractivity contribution in [3.63, 3.8) is 0 Å². The molecule has 2 aromatic rings. The number of anilines is 1. The highest BCUT2D eigenvalue weighted by Crippen LogP contribution is 2.30. The number of carbonyl (C=O) groups is 1. The molecule has 0 spiro atoms. The molecule has 0 aromatic heterocycles. The molecule has 122 valence electrons. The van der Waals surface area contributed by atoms with Gasteiger partial charge in [-0.3, -0.25) is 4.79 Å². The molecule has 4 nitrogen and oxygen atoms in total. The summed E-state index contributed by atoms with van der Waals surface area (Å²) in [7, 11) is 3.16. The molecule has 0 saturated heterocycles. The quantitative estimate of drug-likeness (QED) is 0.888. The van der Waals surface area contributed by atoms with E-state index in [0.717, 1.165) is 11.3 Å². The van der Waals surface area contributed by atoms with E-state index in [-0.39, 0.29) is 5.91 Å². The fraction of sp³-hybridized carbons (Fsp3) is 0.278. The fourth-order valence-corrected chi connectivity index (χ4v) is 2.43.